The molecule has 2 N–H and O–H groups in total. The summed E-state index contributed by atoms with van der Waals surface area (Å²) in [6.45, 7) is 3.09. The zero-order valence-electron chi connectivity index (χ0n) is 11.6. The van der Waals surface area contributed by atoms with E-state index in [0.29, 0.717) is 18.5 Å². The molecule has 0 radical (unpaired) electrons. The van der Waals surface area contributed by atoms with E-state index in [1.54, 1.807) is 10.9 Å². The minimum Gasteiger partial charge on any atom is -0.461 e. The molecule has 2 aromatic rings. The molecule has 0 bridgehead atoms. The van der Waals surface area contributed by atoms with Gasteiger partial charge >= 0.3 is 5.97 Å². The van der Waals surface area contributed by atoms with Gasteiger partial charge in [0.05, 0.1) is 6.20 Å². The second-order valence-electron chi connectivity index (χ2n) is 4.61. The van der Waals surface area contributed by atoms with Crippen LogP contribution in [0.15, 0.2) is 36.7 Å². The molecule has 20 heavy (non-hydrogen) atoms. The first kappa shape index (κ1) is 14.1. The first-order chi connectivity index (χ1) is 9.67. The van der Waals surface area contributed by atoms with Crippen LogP contribution >= 0.6 is 0 Å². The summed E-state index contributed by atoms with van der Waals surface area (Å²) in [7, 11) is 0. The van der Waals surface area contributed by atoms with Gasteiger partial charge in [-0.05, 0) is 31.0 Å². The van der Waals surface area contributed by atoms with Crippen molar-refractivity contribution in [3.63, 3.8) is 0 Å². The fraction of sp³-hybridized carbons (Fsp3) is 0.333. The number of aromatic nitrogens is 2. The maximum atomic E-state index is 11.7. The molecule has 0 amide bonds. The Balaban J connectivity index is 1.75. The SMILES string of the molecule is CCn1cc(COC(=O)CCc2cccc(N)c2)cn1. The number of nitrogens with two attached hydrogens (primary N) is 1. The lowest BCUT2D eigenvalue weighted by Gasteiger charge is -2.04. The molecule has 5 nitrogen and oxygen atoms in total. The van der Waals surface area contributed by atoms with Crippen LogP contribution in [0, 0.1) is 0 Å². The number of rotatable bonds is 6. The average Bonchev–Trinajstić information content (AvgIpc) is 2.91. The van der Waals surface area contributed by atoms with Crippen molar-refractivity contribution in [3.8, 4) is 0 Å². The number of nitrogen functional groups attached to an aromatic ring is 1. The monoisotopic (exact) mass is 273 g/mol. The molecule has 1 aromatic heterocycles. The highest BCUT2D eigenvalue weighted by Gasteiger charge is 2.05. The van der Waals surface area contributed by atoms with Crippen molar-refractivity contribution < 1.29 is 9.53 Å². The molecular formula is C15H19N3O2. The van der Waals surface area contributed by atoms with Crippen LogP contribution in [0.2, 0.25) is 0 Å². The van der Waals surface area contributed by atoms with Crippen LogP contribution in [-0.4, -0.2) is 15.7 Å². The minimum atomic E-state index is -0.211. The van der Waals surface area contributed by atoms with Crippen molar-refractivity contribution in [1.82, 2.24) is 9.78 Å². The number of esters is 1. The maximum absolute atomic E-state index is 11.7. The lowest BCUT2D eigenvalue weighted by Crippen LogP contribution is -2.05. The molecule has 0 aliphatic carbocycles. The van der Waals surface area contributed by atoms with Crippen molar-refractivity contribution in [1.29, 1.82) is 0 Å². The number of aryl methyl sites for hydroxylation is 2. The molecule has 1 aromatic carbocycles. The van der Waals surface area contributed by atoms with Gasteiger partial charge < -0.3 is 10.5 Å². The predicted octanol–water partition coefficient (Wildman–Crippen LogP) is 2.16. The molecule has 0 aliphatic rings. The van der Waals surface area contributed by atoms with Gasteiger partial charge in [0, 0.05) is 30.4 Å². The Morgan fingerprint density at radius 1 is 1.40 bits per heavy atom. The average molecular weight is 273 g/mol. The van der Waals surface area contributed by atoms with Gasteiger partial charge in [0.1, 0.15) is 6.61 Å². The van der Waals surface area contributed by atoms with E-state index >= 15 is 0 Å². The predicted molar refractivity (Wildman–Crippen MR) is 76.9 cm³/mol. The summed E-state index contributed by atoms with van der Waals surface area (Å²) in [6, 6.07) is 7.54. The second-order valence-corrected chi connectivity index (χ2v) is 4.61. The van der Waals surface area contributed by atoms with Crippen LogP contribution in [0.3, 0.4) is 0 Å². The normalized spacial score (nSPS) is 10.4. The van der Waals surface area contributed by atoms with Crippen LogP contribution in [-0.2, 0) is 29.1 Å². The van der Waals surface area contributed by atoms with Crippen LogP contribution < -0.4 is 5.73 Å². The Labute approximate surface area is 118 Å². The Morgan fingerprint density at radius 3 is 2.95 bits per heavy atom. The van der Waals surface area contributed by atoms with E-state index in [-0.39, 0.29) is 12.6 Å². The summed E-state index contributed by atoms with van der Waals surface area (Å²) in [6.07, 6.45) is 4.59. The van der Waals surface area contributed by atoms with E-state index in [1.165, 1.54) is 0 Å². The van der Waals surface area contributed by atoms with Gasteiger partial charge in [0.25, 0.3) is 0 Å². The first-order valence-electron chi connectivity index (χ1n) is 6.68. The van der Waals surface area contributed by atoms with Gasteiger partial charge in [-0.2, -0.15) is 5.10 Å². The molecule has 5 heteroatoms. The van der Waals surface area contributed by atoms with E-state index in [1.807, 2.05) is 37.4 Å². The molecule has 2 rings (SSSR count). The summed E-state index contributed by atoms with van der Waals surface area (Å²) < 4.78 is 7.02. The summed E-state index contributed by atoms with van der Waals surface area (Å²) in [5, 5.41) is 4.13. The van der Waals surface area contributed by atoms with Gasteiger partial charge in [-0.25, -0.2) is 0 Å². The summed E-state index contributed by atoms with van der Waals surface area (Å²) >= 11 is 0. The highest BCUT2D eigenvalue weighted by Crippen LogP contribution is 2.09. The van der Waals surface area contributed by atoms with Crippen LogP contribution in [0.25, 0.3) is 0 Å². The molecular weight excluding hydrogens is 254 g/mol. The highest BCUT2D eigenvalue weighted by atomic mass is 16.5. The van der Waals surface area contributed by atoms with Gasteiger partial charge in [0.2, 0.25) is 0 Å². The zero-order chi connectivity index (χ0) is 14.4. The molecule has 106 valence electrons. The van der Waals surface area contributed by atoms with E-state index in [0.717, 1.165) is 17.7 Å². The van der Waals surface area contributed by atoms with Crippen molar-refractivity contribution in [3.05, 3.63) is 47.8 Å². The number of nitrogens with zero attached hydrogens (tertiary/aromatic N) is 2. The number of anilines is 1. The molecule has 0 saturated heterocycles. The third kappa shape index (κ3) is 4.12. The van der Waals surface area contributed by atoms with Crippen molar-refractivity contribution in [2.75, 3.05) is 5.73 Å². The van der Waals surface area contributed by atoms with E-state index in [9.17, 15) is 4.79 Å². The van der Waals surface area contributed by atoms with Crippen molar-refractivity contribution in [2.45, 2.75) is 32.9 Å². The fourth-order valence-corrected chi connectivity index (χ4v) is 1.88. The Morgan fingerprint density at radius 2 is 2.25 bits per heavy atom. The molecule has 0 saturated carbocycles. The van der Waals surface area contributed by atoms with Gasteiger partial charge in [-0.15, -0.1) is 0 Å². The lowest BCUT2D eigenvalue weighted by atomic mass is 10.1. The largest absolute Gasteiger partial charge is 0.461 e. The molecule has 0 aliphatic heterocycles. The minimum absolute atomic E-state index is 0.211. The third-order valence-electron chi connectivity index (χ3n) is 2.98. The zero-order valence-corrected chi connectivity index (χ0v) is 11.6. The van der Waals surface area contributed by atoms with Crippen LogP contribution in [0.4, 0.5) is 5.69 Å². The summed E-state index contributed by atoms with van der Waals surface area (Å²) in [4.78, 5) is 11.7. The molecule has 1 heterocycles. The van der Waals surface area contributed by atoms with Gasteiger partial charge in [-0.1, -0.05) is 12.1 Å². The molecule has 0 atom stereocenters. The third-order valence-corrected chi connectivity index (χ3v) is 2.98. The van der Waals surface area contributed by atoms with Crippen molar-refractivity contribution in [2.24, 2.45) is 0 Å². The smallest absolute Gasteiger partial charge is 0.306 e. The van der Waals surface area contributed by atoms with E-state index < -0.39 is 0 Å². The first-order valence-corrected chi connectivity index (χ1v) is 6.68. The lowest BCUT2D eigenvalue weighted by molar-refractivity contribution is -0.144. The standard InChI is InChI=1S/C15H19N3O2/c1-2-18-10-13(9-17-18)11-20-15(19)7-6-12-4-3-5-14(16)8-12/h3-5,8-10H,2,6-7,11,16H2,1H3. The Kier molecular flexibility index (Phi) is 4.76. The van der Waals surface area contributed by atoms with Crippen molar-refractivity contribution >= 4 is 11.7 Å². The van der Waals surface area contributed by atoms with E-state index in [2.05, 4.69) is 5.10 Å². The summed E-state index contributed by atoms with van der Waals surface area (Å²) in [5.74, 6) is -0.211. The quantitative estimate of drug-likeness (QED) is 0.647. The molecule has 0 spiro atoms. The molecule has 0 unspecified atom stereocenters. The second kappa shape index (κ2) is 6.75. The Bertz CT molecular complexity index is 578. The maximum Gasteiger partial charge on any atom is 0.306 e. The number of carbonyl (C=O) groups excluding carboxylic acids is 1. The highest BCUT2D eigenvalue weighted by molar-refractivity contribution is 5.69. The van der Waals surface area contributed by atoms with Gasteiger partial charge in [-0.3, -0.25) is 9.48 Å². The van der Waals surface area contributed by atoms with Gasteiger partial charge in [0.15, 0.2) is 0 Å². The number of hydrogen-bond acceptors (Lipinski definition) is 4. The fourth-order valence-electron chi connectivity index (χ4n) is 1.88. The Hall–Kier alpha value is -2.30. The van der Waals surface area contributed by atoms with E-state index in [4.69, 9.17) is 10.5 Å². The summed E-state index contributed by atoms with van der Waals surface area (Å²) in [5.41, 5.74) is 8.35. The topological polar surface area (TPSA) is 70.1 Å². The number of benzene rings is 1. The number of hydrogen-bond donors (Lipinski definition) is 1. The van der Waals surface area contributed by atoms with Crippen LogP contribution in [0.1, 0.15) is 24.5 Å². The number of carbonyl (C=O) groups is 1. The number of ether oxygens (including phenoxy) is 1. The van der Waals surface area contributed by atoms with Crippen LogP contribution in [0.5, 0.6) is 0 Å². The molecule has 0 fully saturated rings.